The van der Waals surface area contributed by atoms with Crippen molar-refractivity contribution in [3.63, 3.8) is 0 Å². The van der Waals surface area contributed by atoms with Crippen LogP contribution in [0.25, 0.3) is 0 Å². The zero-order valence-electron chi connectivity index (χ0n) is 12.2. The molecule has 0 bridgehead atoms. The van der Waals surface area contributed by atoms with E-state index in [0.717, 1.165) is 20.5 Å². The molecule has 1 aliphatic rings. The molecular formula is C15H17BrN2O3. The molecule has 1 fully saturated rings. The predicted octanol–water partition coefficient (Wildman–Crippen LogP) is 3.07. The number of nitrogens with one attached hydrogen (secondary N) is 1. The Balaban J connectivity index is 2.44. The van der Waals surface area contributed by atoms with Gasteiger partial charge < -0.3 is 0 Å². The molecule has 4 amide bonds. The minimum atomic E-state index is -0.794. The number of rotatable bonds is 3. The lowest BCUT2D eigenvalue weighted by Crippen LogP contribution is -2.58. The molecule has 2 rings (SSSR count). The second-order valence-corrected chi connectivity index (χ2v) is 6.00. The average Bonchev–Trinajstić information content (AvgIpc) is 2.40. The molecule has 1 aliphatic heterocycles. The second-order valence-electron chi connectivity index (χ2n) is 5.20. The van der Waals surface area contributed by atoms with Crippen LogP contribution in [0.2, 0.25) is 0 Å². The molecule has 1 unspecified atom stereocenters. The third kappa shape index (κ3) is 2.85. The molecule has 1 aromatic carbocycles. The van der Waals surface area contributed by atoms with Crippen LogP contribution in [0.1, 0.15) is 30.9 Å². The first-order valence-electron chi connectivity index (χ1n) is 6.82. The molecule has 112 valence electrons. The highest BCUT2D eigenvalue weighted by Gasteiger charge is 2.40. The molecule has 0 aromatic heterocycles. The predicted molar refractivity (Wildman–Crippen MR) is 83.0 cm³/mol. The molecule has 1 aromatic rings. The molecule has 0 saturated carbocycles. The van der Waals surface area contributed by atoms with Crippen molar-refractivity contribution < 1.29 is 14.4 Å². The monoisotopic (exact) mass is 352 g/mol. The number of benzene rings is 1. The average molecular weight is 353 g/mol. The Morgan fingerprint density at radius 3 is 2.29 bits per heavy atom. The molecule has 21 heavy (non-hydrogen) atoms. The SMILES string of the molecule is CCCC1C(=O)NC(=O)N(c2cc(C)c(Br)c(C)c2)C1=O. The molecule has 1 heterocycles. The maximum Gasteiger partial charge on any atom is 0.335 e. The fourth-order valence-corrected chi connectivity index (χ4v) is 2.69. The number of nitrogens with zero attached hydrogens (tertiary/aromatic N) is 1. The van der Waals surface area contributed by atoms with Gasteiger partial charge >= 0.3 is 6.03 Å². The van der Waals surface area contributed by atoms with E-state index in [2.05, 4.69) is 21.2 Å². The highest BCUT2D eigenvalue weighted by molar-refractivity contribution is 9.10. The summed E-state index contributed by atoms with van der Waals surface area (Å²) in [6.45, 7) is 5.68. The van der Waals surface area contributed by atoms with Gasteiger partial charge in [0.05, 0.1) is 5.69 Å². The lowest BCUT2D eigenvalue weighted by atomic mass is 9.98. The highest BCUT2D eigenvalue weighted by Crippen LogP contribution is 2.29. The van der Waals surface area contributed by atoms with E-state index >= 15 is 0 Å². The van der Waals surface area contributed by atoms with Crippen LogP contribution in [0, 0.1) is 19.8 Å². The Kier molecular flexibility index (Phi) is 4.46. The van der Waals surface area contributed by atoms with Crippen molar-refractivity contribution in [1.29, 1.82) is 0 Å². The van der Waals surface area contributed by atoms with Gasteiger partial charge in [0.1, 0.15) is 5.92 Å². The van der Waals surface area contributed by atoms with Gasteiger partial charge in [-0.05, 0) is 43.5 Å². The van der Waals surface area contributed by atoms with Gasteiger partial charge in [-0.3, -0.25) is 14.9 Å². The van der Waals surface area contributed by atoms with Crippen LogP contribution < -0.4 is 10.2 Å². The number of carbonyl (C=O) groups excluding carboxylic acids is 3. The van der Waals surface area contributed by atoms with Crippen molar-refractivity contribution in [2.75, 3.05) is 4.90 Å². The van der Waals surface area contributed by atoms with Gasteiger partial charge in [-0.25, -0.2) is 9.69 Å². The summed E-state index contributed by atoms with van der Waals surface area (Å²) in [7, 11) is 0. The van der Waals surface area contributed by atoms with Gasteiger partial charge in [0, 0.05) is 4.47 Å². The van der Waals surface area contributed by atoms with Gasteiger partial charge in [0.25, 0.3) is 0 Å². The van der Waals surface area contributed by atoms with Gasteiger partial charge in [0.2, 0.25) is 11.8 Å². The van der Waals surface area contributed by atoms with E-state index in [1.54, 1.807) is 12.1 Å². The third-order valence-corrected chi connectivity index (χ3v) is 4.78. The number of anilines is 1. The van der Waals surface area contributed by atoms with E-state index in [0.29, 0.717) is 18.5 Å². The van der Waals surface area contributed by atoms with Crippen molar-refractivity contribution >= 4 is 39.5 Å². The van der Waals surface area contributed by atoms with Crippen molar-refractivity contribution in [1.82, 2.24) is 5.32 Å². The van der Waals surface area contributed by atoms with E-state index in [1.165, 1.54) is 0 Å². The van der Waals surface area contributed by atoms with E-state index in [-0.39, 0.29) is 0 Å². The summed E-state index contributed by atoms with van der Waals surface area (Å²) in [6.07, 6.45) is 1.13. The number of imide groups is 2. The highest BCUT2D eigenvalue weighted by atomic mass is 79.9. The van der Waals surface area contributed by atoms with Crippen LogP contribution in [0.4, 0.5) is 10.5 Å². The van der Waals surface area contributed by atoms with Crippen LogP contribution in [0.5, 0.6) is 0 Å². The van der Waals surface area contributed by atoms with E-state index in [1.807, 2.05) is 20.8 Å². The smallest absolute Gasteiger partial charge is 0.277 e. The lowest BCUT2D eigenvalue weighted by molar-refractivity contribution is -0.134. The zero-order chi connectivity index (χ0) is 15.7. The molecule has 0 aliphatic carbocycles. The standard InChI is InChI=1S/C15H17BrN2O3/c1-4-5-11-13(19)17-15(21)18(14(11)20)10-6-8(2)12(16)9(3)7-10/h6-7,11H,4-5H2,1-3H3,(H,17,19,21). The van der Waals surface area contributed by atoms with E-state index < -0.39 is 23.8 Å². The minimum absolute atomic E-state index is 0.433. The molecule has 6 heteroatoms. The summed E-state index contributed by atoms with van der Waals surface area (Å²) >= 11 is 3.46. The quantitative estimate of drug-likeness (QED) is 0.850. The van der Waals surface area contributed by atoms with Crippen molar-refractivity contribution in [3.8, 4) is 0 Å². The number of halogens is 1. The Morgan fingerprint density at radius 1 is 1.19 bits per heavy atom. The van der Waals surface area contributed by atoms with E-state index in [4.69, 9.17) is 0 Å². The molecule has 1 N–H and O–H groups in total. The Morgan fingerprint density at radius 2 is 1.76 bits per heavy atom. The summed E-state index contributed by atoms with van der Waals surface area (Å²) < 4.78 is 0.942. The molecule has 1 saturated heterocycles. The summed E-state index contributed by atoms with van der Waals surface area (Å²) in [4.78, 5) is 37.4. The fraction of sp³-hybridized carbons (Fsp3) is 0.400. The largest absolute Gasteiger partial charge is 0.335 e. The molecule has 1 atom stereocenters. The number of hydrogen-bond acceptors (Lipinski definition) is 3. The Labute approximate surface area is 131 Å². The Bertz CT molecular complexity index is 604. The first kappa shape index (κ1) is 15.7. The number of aryl methyl sites for hydroxylation is 2. The van der Waals surface area contributed by atoms with Crippen molar-refractivity contribution in [2.45, 2.75) is 33.6 Å². The number of urea groups is 1. The second kappa shape index (κ2) is 5.97. The summed E-state index contributed by atoms with van der Waals surface area (Å²) in [5.74, 6) is -1.75. The zero-order valence-corrected chi connectivity index (χ0v) is 13.8. The summed E-state index contributed by atoms with van der Waals surface area (Å²) in [5.41, 5.74) is 2.34. The lowest BCUT2D eigenvalue weighted by Gasteiger charge is -2.30. The van der Waals surface area contributed by atoms with Gasteiger partial charge in [0.15, 0.2) is 0 Å². The Hall–Kier alpha value is -1.69. The topological polar surface area (TPSA) is 66.5 Å². The van der Waals surface area contributed by atoms with Crippen LogP contribution in [-0.4, -0.2) is 17.8 Å². The molecular weight excluding hydrogens is 336 g/mol. The van der Waals surface area contributed by atoms with Crippen molar-refractivity contribution in [3.05, 3.63) is 27.7 Å². The van der Waals surface area contributed by atoms with Crippen LogP contribution >= 0.6 is 15.9 Å². The summed E-state index contributed by atoms with van der Waals surface area (Å²) in [5, 5.41) is 2.26. The van der Waals surface area contributed by atoms with Crippen LogP contribution in [0.15, 0.2) is 16.6 Å². The van der Waals surface area contributed by atoms with Gasteiger partial charge in [-0.1, -0.05) is 29.3 Å². The maximum atomic E-state index is 12.5. The van der Waals surface area contributed by atoms with Crippen molar-refractivity contribution in [2.24, 2.45) is 5.92 Å². The fourth-order valence-electron chi connectivity index (χ4n) is 2.46. The number of barbiturate groups is 1. The molecule has 5 nitrogen and oxygen atoms in total. The van der Waals surface area contributed by atoms with Gasteiger partial charge in [-0.15, -0.1) is 0 Å². The van der Waals surface area contributed by atoms with E-state index in [9.17, 15) is 14.4 Å². The first-order valence-corrected chi connectivity index (χ1v) is 7.61. The first-order chi connectivity index (χ1) is 9.86. The molecule has 0 radical (unpaired) electrons. The summed E-state index contributed by atoms with van der Waals surface area (Å²) in [6, 6.07) is 2.83. The van der Waals surface area contributed by atoms with Gasteiger partial charge in [-0.2, -0.15) is 0 Å². The normalized spacial score (nSPS) is 19.0. The number of hydrogen-bond donors (Lipinski definition) is 1. The third-order valence-electron chi connectivity index (χ3n) is 3.52. The maximum absolute atomic E-state index is 12.5. The number of amides is 4. The van der Waals surface area contributed by atoms with Crippen LogP contribution in [-0.2, 0) is 9.59 Å². The minimum Gasteiger partial charge on any atom is -0.277 e. The number of carbonyl (C=O) groups is 3. The molecule has 0 spiro atoms. The van der Waals surface area contributed by atoms with Crippen LogP contribution in [0.3, 0.4) is 0 Å².